The summed E-state index contributed by atoms with van der Waals surface area (Å²) in [5.74, 6) is -0.843. The molecule has 0 amide bonds. The van der Waals surface area contributed by atoms with Crippen molar-refractivity contribution in [3.05, 3.63) is 148 Å². The highest BCUT2D eigenvalue weighted by molar-refractivity contribution is 6.42. The molecule has 0 bridgehead atoms. The smallest absolute Gasteiger partial charge is 0.197 e. The van der Waals surface area contributed by atoms with Gasteiger partial charge in [0, 0.05) is 40.3 Å². The Hall–Kier alpha value is -4.90. The van der Waals surface area contributed by atoms with Crippen LogP contribution in [0.2, 0.25) is 0 Å². The fraction of sp³-hybridized carbons (Fsp3) is 0.179. The van der Waals surface area contributed by atoms with Gasteiger partial charge in [-0.1, -0.05) is 68.5 Å². The van der Waals surface area contributed by atoms with Crippen LogP contribution in [0.15, 0.2) is 114 Å². The van der Waals surface area contributed by atoms with Gasteiger partial charge in [0.25, 0.3) is 0 Å². The molecule has 3 unspecified atom stereocenters. The Bertz CT molecular complexity index is 1990. The number of halogens is 2. The minimum absolute atomic E-state index is 0.0330. The second-order valence-electron chi connectivity index (χ2n) is 12.7. The van der Waals surface area contributed by atoms with Crippen LogP contribution in [-0.2, 0) is 0 Å². The minimum atomic E-state index is -1.06. The third-order valence-corrected chi connectivity index (χ3v) is 9.73. The van der Waals surface area contributed by atoms with E-state index in [0.717, 1.165) is 44.4 Å². The van der Waals surface area contributed by atoms with Crippen LogP contribution >= 0.6 is 0 Å². The van der Waals surface area contributed by atoms with Crippen LogP contribution in [0.4, 0.5) is 14.5 Å². The van der Waals surface area contributed by atoms with Crippen LogP contribution in [0.5, 0.6) is 0 Å². The second-order valence-corrected chi connectivity index (χ2v) is 12.7. The van der Waals surface area contributed by atoms with Crippen molar-refractivity contribution in [3.63, 3.8) is 0 Å². The number of ketones is 2. The molecule has 0 spiro atoms. The largest absolute Gasteiger partial charge is 0.334 e. The van der Waals surface area contributed by atoms with Gasteiger partial charge in [-0.3, -0.25) is 9.59 Å². The van der Waals surface area contributed by atoms with Gasteiger partial charge in [0.1, 0.15) is 12.0 Å². The summed E-state index contributed by atoms with van der Waals surface area (Å²) >= 11 is 0. The first-order valence-electron chi connectivity index (χ1n) is 15.0. The Kier molecular flexibility index (Phi) is 5.80. The number of hydrogen-bond donors (Lipinski definition) is 0. The molecule has 3 aliphatic carbocycles. The van der Waals surface area contributed by atoms with Crippen LogP contribution in [-0.4, -0.2) is 23.8 Å². The minimum Gasteiger partial charge on any atom is -0.334 e. The summed E-state index contributed by atoms with van der Waals surface area (Å²) in [5.41, 5.74) is 6.30. The third-order valence-electron chi connectivity index (χ3n) is 9.73. The summed E-state index contributed by atoms with van der Waals surface area (Å²) in [6.45, 7) is 4.33. The van der Waals surface area contributed by atoms with E-state index in [9.17, 15) is 18.4 Å². The highest BCUT2D eigenvalue weighted by atomic mass is 19.1. The molecule has 0 saturated carbocycles. The van der Waals surface area contributed by atoms with E-state index in [1.807, 2.05) is 54.6 Å². The molecule has 0 radical (unpaired) electrons. The number of carbonyl (C=O) groups excluding carboxylic acids is 2. The molecule has 1 saturated heterocycles. The van der Waals surface area contributed by atoms with Crippen molar-refractivity contribution >= 4 is 40.2 Å². The van der Waals surface area contributed by atoms with Gasteiger partial charge in [-0.2, -0.15) is 0 Å². The van der Waals surface area contributed by atoms with E-state index in [0.29, 0.717) is 17.5 Å². The maximum absolute atomic E-state index is 14.8. The van der Waals surface area contributed by atoms with E-state index in [4.69, 9.17) is 0 Å². The molecule has 216 valence electrons. The lowest BCUT2D eigenvalue weighted by molar-refractivity contribution is 0.0990. The van der Waals surface area contributed by atoms with Gasteiger partial charge in [0.15, 0.2) is 11.6 Å². The van der Waals surface area contributed by atoms with Crippen molar-refractivity contribution in [1.29, 1.82) is 0 Å². The number of Topliss-reactive ketones (excluding diaryl/α,β-unsaturated/α-hetero) is 2. The number of alkyl halides is 1. The maximum atomic E-state index is 14.8. The van der Waals surface area contributed by atoms with Crippen LogP contribution < -0.4 is 4.90 Å². The molecule has 0 N–H and O–H groups in total. The summed E-state index contributed by atoms with van der Waals surface area (Å²) in [6.07, 6.45) is 8.91. The first-order chi connectivity index (χ1) is 21.2. The molecule has 4 aromatic carbocycles. The Morgan fingerprint density at radius 1 is 0.886 bits per heavy atom. The molecule has 8 rings (SSSR count). The van der Waals surface area contributed by atoms with Crippen molar-refractivity contribution in [2.24, 2.45) is 5.41 Å². The number of rotatable bonds is 2. The van der Waals surface area contributed by atoms with Crippen molar-refractivity contribution in [2.45, 2.75) is 38.4 Å². The van der Waals surface area contributed by atoms with Gasteiger partial charge in [-0.15, -0.1) is 0 Å². The molecule has 1 aliphatic heterocycles. The molecule has 44 heavy (non-hydrogen) atoms. The maximum Gasteiger partial charge on any atom is 0.197 e. The Morgan fingerprint density at radius 2 is 1.57 bits per heavy atom. The highest BCUT2D eigenvalue weighted by Crippen LogP contribution is 2.57. The Morgan fingerprint density at radius 3 is 2.25 bits per heavy atom. The van der Waals surface area contributed by atoms with Crippen LogP contribution in [0.1, 0.15) is 63.6 Å². The summed E-state index contributed by atoms with van der Waals surface area (Å²) < 4.78 is 28.7. The number of anilines is 1. The zero-order chi connectivity index (χ0) is 30.3. The predicted octanol–water partition coefficient (Wildman–Crippen LogP) is 9.02. The molecule has 1 heterocycles. The van der Waals surface area contributed by atoms with Crippen LogP contribution in [0.25, 0.3) is 22.9 Å². The van der Waals surface area contributed by atoms with E-state index >= 15 is 0 Å². The molecule has 4 aromatic rings. The average molecular weight is 582 g/mol. The molecule has 4 aliphatic rings. The summed E-state index contributed by atoms with van der Waals surface area (Å²) in [6, 6.07) is 23.8. The zero-order valence-electron chi connectivity index (χ0n) is 24.4. The highest BCUT2D eigenvalue weighted by Gasteiger charge is 2.50. The quantitative estimate of drug-likeness (QED) is 0.175. The number of allylic oxidation sites excluding steroid dienone is 4. The summed E-state index contributed by atoms with van der Waals surface area (Å²) in [5, 5.41) is 1.86. The predicted molar refractivity (Wildman–Crippen MR) is 171 cm³/mol. The van der Waals surface area contributed by atoms with Crippen molar-refractivity contribution in [3.8, 4) is 0 Å². The number of benzene rings is 4. The lowest BCUT2D eigenvalue weighted by Gasteiger charge is -2.55. The van der Waals surface area contributed by atoms with Gasteiger partial charge in [0.2, 0.25) is 0 Å². The van der Waals surface area contributed by atoms with Gasteiger partial charge >= 0.3 is 0 Å². The van der Waals surface area contributed by atoms with E-state index in [1.54, 1.807) is 24.3 Å². The average Bonchev–Trinajstić information content (AvgIpc) is 3.24. The van der Waals surface area contributed by atoms with Gasteiger partial charge in [-0.25, -0.2) is 8.78 Å². The lowest BCUT2D eigenvalue weighted by atomic mass is 9.59. The van der Waals surface area contributed by atoms with Crippen LogP contribution in [0.3, 0.4) is 0 Å². The number of nitrogens with zero attached hydrogens (tertiary/aromatic N) is 1. The Labute approximate surface area is 254 Å². The van der Waals surface area contributed by atoms with Crippen LogP contribution in [0, 0.1) is 11.2 Å². The van der Waals surface area contributed by atoms with Gasteiger partial charge < -0.3 is 4.90 Å². The lowest BCUT2D eigenvalue weighted by Crippen LogP contribution is -2.52. The normalized spacial score (nSPS) is 23.0. The fourth-order valence-corrected chi connectivity index (χ4v) is 7.65. The van der Waals surface area contributed by atoms with Crippen molar-refractivity contribution < 1.29 is 18.4 Å². The molecular formula is C39H29F2NO2. The molecule has 3 nitrogen and oxygen atoms in total. The first kappa shape index (κ1) is 26.7. The number of fused-ring (bicyclic) bond motifs is 6. The van der Waals surface area contributed by atoms with E-state index in [-0.39, 0.29) is 34.9 Å². The number of piperidine rings is 1. The molecule has 3 atom stereocenters. The fourth-order valence-electron chi connectivity index (χ4n) is 7.65. The van der Waals surface area contributed by atoms with Crippen molar-refractivity contribution in [1.82, 2.24) is 0 Å². The third kappa shape index (κ3) is 3.92. The summed E-state index contributed by atoms with van der Waals surface area (Å²) in [4.78, 5) is 29.0. The Balaban J connectivity index is 1.21. The van der Waals surface area contributed by atoms with Gasteiger partial charge in [-0.05, 0) is 87.7 Å². The van der Waals surface area contributed by atoms with Gasteiger partial charge in [0.05, 0.1) is 11.6 Å². The van der Waals surface area contributed by atoms with Crippen molar-refractivity contribution in [2.75, 3.05) is 4.90 Å². The topological polar surface area (TPSA) is 37.4 Å². The molecular weight excluding hydrogens is 552 g/mol. The molecule has 0 aromatic heterocycles. The standard InChI is InChI=1S/C39H29F2NO2/c1-39(2)33-21-27(41)11-16-34(33)42(28-12-9-26(40)10-13-28)35-15-8-25-17-22(7-14-29(25)36(35)39)18-32-37(43)30-19-23-5-3-4-6-24(23)20-31(30)38(32)44/h3-10,12-21,27,35-36H,11H2,1-2H3. The van der Waals surface area contributed by atoms with E-state index < -0.39 is 11.6 Å². The molecule has 1 fully saturated rings. The SMILES string of the molecule is CC1(C)C2=CC(F)CC=C2N(c2ccc(F)cc2)C2C=Cc3cc(C=C4C(=O)c5cc6ccccc6cc5C4=O)ccc3C21. The first-order valence-corrected chi connectivity index (χ1v) is 15.0. The summed E-state index contributed by atoms with van der Waals surface area (Å²) in [7, 11) is 0. The number of hydrogen-bond acceptors (Lipinski definition) is 3. The zero-order valence-corrected chi connectivity index (χ0v) is 24.4. The second kappa shape index (κ2) is 9.55. The monoisotopic (exact) mass is 581 g/mol. The molecule has 5 heteroatoms. The van der Waals surface area contributed by atoms with E-state index in [1.165, 1.54) is 12.1 Å². The number of carbonyl (C=O) groups is 2. The van der Waals surface area contributed by atoms with E-state index in [2.05, 4.69) is 37.0 Å².